The van der Waals surface area contributed by atoms with Gasteiger partial charge in [0.1, 0.15) is 0 Å². The quantitative estimate of drug-likeness (QED) is 0.775. The molecule has 4 heteroatoms. The molecular weight excluding hydrogens is 190 g/mol. The third-order valence-electron chi connectivity index (χ3n) is 2.73. The molecule has 1 fully saturated rings. The summed E-state index contributed by atoms with van der Waals surface area (Å²) >= 11 is 0. The summed E-state index contributed by atoms with van der Waals surface area (Å²) in [6, 6.07) is 3.78. The molecule has 2 heterocycles. The first-order chi connectivity index (χ1) is 7.34. The van der Waals surface area contributed by atoms with Crippen LogP contribution in [0.5, 0.6) is 0 Å². The lowest BCUT2D eigenvalue weighted by atomic mass is 9.96. The largest absolute Gasteiger partial charge is 0.316 e. The van der Waals surface area contributed by atoms with E-state index >= 15 is 0 Å². The van der Waals surface area contributed by atoms with Crippen LogP contribution in [0.2, 0.25) is 0 Å². The maximum Gasteiger partial charge on any atom is 0.239 e. The van der Waals surface area contributed by atoms with Gasteiger partial charge in [-0.05, 0) is 44.0 Å². The van der Waals surface area contributed by atoms with Gasteiger partial charge in [-0.25, -0.2) is 0 Å². The normalized spacial score (nSPS) is 21.2. The summed E-state index contributed by atoms with van der Waals surface area (Å²) in [7, 11) is 0. The van der Waals surface area contributed by atoms with E-state index in [4.69, 9.17) is 0 Å². The molecule has 15 heavy (non-hydrogen) atoms. The zero-order valence-electron chi connectivity index (χ0n) is 8.78. The van der Waals surface area contributed by atoms with Gasteiger partial charge in [-0.2, -0.15) is 0 Å². The second-order valence-corrected chi connectivity index (χ2v) is 4.04. The van der Waals surface area contributed by atoms with E-state index in [1.807, 2.05) is 24.5 Å². The van der Waals surface area contributed by atoms with Gasteiger partial charge in [0.25, 0.3) is 0 Å². The molecule has 1 saturated heterocycles. The number of amides is 1. The monoisotopic (exact) mass is 207 g/mol. The van der Waals surface area contributed by atoms with E-state index in [0.29, 0.717) is 12.3 Å². The van der Waals surface area contributed by atoms with E-state index < -0.39 is 0 Å². The molecule has 0 saturated carbocycles. The highest BCUT2D eigenvalue weighted by atomic mass is 16.2. The van der Waals surface area contributed by atoms with Crippen LogP contribution in [0.4, 0.5) is 0 Å². The Bertz CT molecular complexity index is 302. The fraction of sp³-hybridized carbons (Fsp3) is 0.545. The number of hydrogen-bond acceptors (Lipinski definition) is 2. The Morgan fingerprint density at radius 2 is 2.27 bits per heavy atom. The summed E-state index contributed by atoms with van der Waals surface area (Å²) in [4.78, 5) is 11.6. The van der Waals surface area contributed by atoms with Gasteiger partial charge in [0, 0.05) is 18.8 Å². The molecule has 1 aliphatic rings. The van der Waals surface area contributed by atoms with Gasteiger partial charge in [-0.1, -0.05) is 0 Å². The zero-order valence-corrected chi connectivity index (χ0v) is 8.78. The van der Waals surface area contributed by atoms with E-state index in [9.17, 15) is 4.79 Å². The van der Waals surface area contributed by atoms with Crippen LogP contribution in [0.3, 0.4) is 0 Å². The van der Waals surface area contributed by atoms with Gasteiger partial charge in [-0.15, -0.1) is 0 Å². The Hall–Kier alpha value is -1.29. The van der Waals surface area contributed by atoms with Crippen molar-refractivity contribution in [2.75, 3.05) is 18.5 Å². The molecule has 1 amide bonds. The van der Waals surface area contributed by atoms with Crippen LogP contribution in [0.1, 0.15) is 19.3 Å². The molecule has 1 unspecified atom stereocenters. The molecule has 1 atom stereocenters. The predicted molar refractivity (Wildman–Crippen MR) is 59.0 cm³/mol. The van der Waals surface area contributed by atoms with Crippen molar-refractivity contribution in [3.8, 4) is 0 Å². The van der Waals surface area contributed by atoms with Crippen LogP contribution in [0.15, 0.2) is 24.5 Å². The Kier molecular flexibility index (Phi) is 3.40. The van der Waals surface area contributed by atoms with E-state index in [1.54, 1.807) is 4.68 Å². The SMILES string of the molecule is O=C(CC1CCCNC1)Nn1cccc1. The van der Waals surface area contributed by atoms with Crippen molar-refractivity contribution >= 4 is 5.91 Å². The molecular formula is C11H17N3O. The van der Waals surface area contributed by atoms with Crippen molar-refractivity contribution in [2.45, 2.75) is 19.3 Å². The molecule has 0 bridgehead atoms. The van der Waals surface area contributed by atoms with Gasteiger partial charge in [0.2, 0.25) is 5.91 Å². The van der Waals surface area contributed by atoms with E-state index in [2.05, 4.69) is 10.7 Å². The average molecular weight is 207 g/mol. The Morgan fingerprint density at radius 3 is 2.93 bits per heavy atom. The Labute approximate surface area is 89.6 Å². The van der Waals surface area contributed by atoms with Crippen LogP contribution >= 0.6 is 0 Å². The molecule has 0 aromatic carbocycles. The standard InChI is InChI=1S/C11H17N3O/c15-11(13-14-6-1-2-7-14)8-10-4-3-5-12-9-10/h1-2,6-7,10,12H,3-5,8-9H2,(H,13,15). The number of nitrogens with one attached hydrogen (secondary N) is 2. The van der Waals surface area contributed by atoms with Gasteiger partial charge >= 0.3 is 0 Å². The highest BCUT2D eigenvalue weighted by Gasteiger charge is 2.16. The lowest BCUT2D eigenvalue weighted by Gasteiger charge is -2.22. The summed E-state index contributed by atoms with van der Waals surface area (Å²) in [5.74, 6) is 0.592. The molecule has 0 radical (unpaired) electrons. The van der Waals surface area contributed by atoms with Crippen molar-refractivity contribution in [3.05, 3.63) is 24.5 Å². The zero-order chi connectivity index (χ0) is 10.5. The minimum atomic E-state index is 0.0971. The van der Waals surface area contributed by atoms with Crippen LogP contribution in [0.25, 0.3) is 0 Å². The fourth-order valence-electron chi connectivity index (χ4n) is 1.96. The third-order valence-corrected chi connectivity index (χ3v) is 2.73. The first-order valence-electron chi connectivity index (χ1n) is 5.48. The minimum Gasteiger partial charge on any atom is -0.316 e. The molecule has 1 aromatic rings. The maximum absolute atomic E-state index is 11.6. The lowest BCUT2D eigenvalue weighted by Crippen LogP contribution is -2.33. The number of carbonyl (C=O) groups excluding carboxylic acids is 1. The van der Waals surface area contributed by atoms with E-state index in [0.717, 1.165) is 19.5 Å². The Balaban J connectivity index is 1.76. The van der Waals surface area contributed by atoms with Gasteiger partial charge in [0.15, 0.2) is 0 Å². The molecule has 4 nitrogen and oxygen atoms in total. The van der Waals surface area contributed by atoms with Crippen molar-refractivity contribution < 1.29 is 4.79 Å². The fourth-order valence-corrected chi connectivity index (χ4v) is 1.96. The Morgan fingerprint density at radius 1 is 1.47 bits per heavy atom. The topological polar surface area (TPSA) is 46.1 Å². The molecule has 2 rings (SSSR count). The van der Waals surface area contributed by atoms with Crippen LogP contribution in [0, 0.1) is 5.92 Å². The average Bonchev–Trinajstić information content (AvgIpc) is 2.71. The number of aromatic nitrogens is 1. The van der Waals surface area contributed by atoms with Crippen LogP contribution < -0.4 is 10.7 Å². The van der Waals surface area contributed by atoms with Crippen LogP contribution in [-0.4, -0.2) is 23.7 Å². The maximum atomic E-state index is 11.6. The predicted octanol–water partition coefficient (Wildman–Crippen LogP) is 0.948. The summed E-state index contributed by atoms with van der Waals surface area (Å²) in [5, 5.41) is 3.31. The van der Waals surface area contributed by atoms with Crippen molar-refractivity contribution in [2.24, 2.45) is 5.92 Å². The molecule has 2 N–H and O–H groups in total. The number of rotatable bonds is 3. The first kappa shape index (κ1) is 10.2. The molecule has 1 aliphatic heterocycles. The number of nitrogens with zero attached hydrogens (tertiary/aromatic N) is 1. The third kappa shape index (κ3) is 3.09. The molecule has 0 spiro atoms. The second kappa shape index (κ2) is 4.98. The number of piperidine rings is 1. The molecule has 82 valence electrons. The summed E-state index contributed by atoms with van der Waals surface area (Å²) < 4.78 is 1.69. The minimum absolute atomic E-state index is 0.0971. The van der Waals surface area contributed by atoms with Gasteiger partial charge in [0.05, 0.1) is 0 Å². The second-order valence-electron chi connectivity index (χ2n) is 4.04. The van der Waals surface area contributed by atoms with E-state index in [-0.39, 0.29) is 5.91 Å². The summed E-state index contributed by atoms with van der Waals surface area (Å²) in [5.41, 5.74) is 2.82. The first-order valence-corrected chi connectivity index (χ1v) is 5.48. The van der Waals surface area contributed by atoms with Gasteiger partial charge < -0.3 is 5.32 Å². The highest BCUT2D eigenvalue weighted by Crippen LogP contribution is 2.13. The summed E-state index contributed by atoms with van der Waals surface area (Å²) in [6.45, 7) is 2.06. The number of carbonyl (C=O) groups is 1. The van der Waals surface area contributed by atoms with E-state index in [1.165, 1.54) is 6.42 Å². The lowest BCUT2D eigenvalue weighted by molar-refractivity contribution is -0.118. The van der Waals surface area contributed by atoms with Crippen molar-refractivity contribution in [1.29, 1.82) is 0 Å². The van der Waals surface area contributed by atoms with Gasteiger partial charge in [-0.3, -0.25) is 14.9 Å². The molecule has 1 aromatic heterocycles. The van der Waals surface area contributed by atoms with Crippen molar-refractivity contribution in [3.63, 3.8) is 0 Å². The summed E-state index contributed by atoms with van der Waals surface area (Å²) in [6.07, 6.45) is 6.62. The van der Waals surface area contributed by atoms with Crippen LogP contribution in [-0.2, 0) is 4.79 Å². The van der Waals surface area contributed by atoms with Crippen molar-refractivity contribution in [1.82, 2.24) is 9.99 Å². The smallest absolute Gasteiger partial charge is 0.239 e. The number of hydrogen-bond donors (Lipinski definition) is 2. The molecule has 0 aliphatic carbocycles. The highest BCUT2D eigenvalue weighted by molar-refractivity contribution is 5.83.